The van der Waals surface area contributed by atoms with E-state index >= 15 is 0 Å². The highest BCUT2D eigenvalue weighted by Crippen LogP contribution is 2.31. The molecule has 5 heteroatoms. The molecule has 0 aliphatic heterocycles. The monoisotopic (exact) mass is 440 g/mol. The molecule has 1 aromatic heterocycles. The molecule has 4 nitrogen and oxygen atoms in total. The summed E-state index contributed by atoms with van der Waals surface area (Å²) in [6.45, 7) is 4.46. The molecule has 0 spiro atoms. The van der Waals surface area contributed by atoms with Crippen molar-refractivity contribution in [3.05, 3.63) is 88.7 Å². The lowest BCUT2D eigenvalue weighted by molar-refractivity contribution is 0.103. The molecule has 0 radical (unpaired) electrons. The molecule has 1 heterocycles. The topological polar surface area (TPSA) is 52.1 Å². The number of carbonyl (C=O) groups excluding carboxylic acids is 1. The summed E-state index contributed by atoms with van der Waals surface area (Å²) < 4.78 is 5.59. The quantitative estimate of drug-likeness (QED) is 0.260. The summed E-state index contributed by atoms with van der Waals surface area (Å²) in [6.07, 6.45) is 5.32. The van der Waals surface area contributed by atoms with E-state index in [-0.39, 0.29) is 18.2 Å². The number of aromatic nitrogens is 2. The number of fused-ring (bicyclic) bond motifs is 1. The van der Waals surface area contributed by atoms with Crippen LogP contribution < -0.4 is 4.74 Å². The SMILES string of the molecule is C#CCOc1ccc2nc(C(=O)c3ccc(Cl)cc3)nc(-c3ccc(C(C)C)cc3)c2c1. The van der Waals surface area contributed by atoms with Gasteiger partial charge in [0.25, 0.3) is 0 Å². The fraction of sp³-hybridized carbons (Fsp3) is 0.148. The molecule has 4 aromatic rings. The lowest BCUT2D eigenvalue weighted by Gasteiger charge is -2.12. The largest absolute Gasteiger partial charge is 0.481 e. The molecule has 0 saturated carbocycles. The van der Waals surface area contributed by atoms with Crippen molar-refractivity contribution in [2.75, 3.05) is 6.61 Å². The number of hydrogen-bond donors (Lipinski definition) is 0. The minimum absolute atomic E-state index is 0.125. The van der Waals surface area contributed by atoms with Gasteiger partial charge in [-0.2, -0.15) is 0 Å². The van der Waals surface area contributed by atoms with Crippen LogP contribution in [0, 0.1) is 12.3 Å². The van der Waals surface area contributed by atoms with E-state index in [1.54, 1.807) is 30.3 Å². The van der Waals surface area contributed by atoms with Gasteiger partial charge in [-0.15, -0.1) is 6.42 Å². The Balaban J connectivity index is 1.87. The van der Waals surface area contributed by atoms with Crippen molar-refractivity contribution in [2.45, 2.75) is 19.8 Å². The number of ketones is 1. The summed E-state index contributed by atoms with van der Waals surface area (Å²) in [7, 11) is 0. The van der Waals surface area contributed by atoms with E-state index in [9.17, 15) is 4.79 Å². The van der Waals surface area contributed by atoms with Crippen LogP contribution in [-0.4, -0.2) is 22.4 Å². The summed E-state index contributed by atoms with van der Waals surface area (Å²) >= 11 is 5.96. The van der Waals surface area contributed by atoms with Gasteiger partial charge >= 0.3 is 0 Å². The fourth-order valence-electron chi connectivity index (χ4n) is 3.40. The summed E-state index contributed by atoms with van der Waals surface area (Å²) in [5.41, 5.74) is 3.90. The third-order valence-corrected chi connectivity index (χ3v) is 5.40. The van der Waals surface area contributed by atoms with Gasteiger partial charge in [0.05, 0.1) is 11.2 Å². The zero-order valence-corrected chi connectivity index (χ0v) is 18.6. The average molecular weight is 441 g/mol. The van der Waals surface area contributed by atoms with Gasteiger partial charge < -0.3 is 4.74 Å². The molecule has 32 heavy (non-hydrogen) atoms. The van der Waals surface area contributed by atoms with Gasteiger partial charge in [-0.05, 0) is 53.9 Å². The van der Waals surface area contributed by atoms with Crippen LogP contribution in [0.4, 0.5) is 0 Å². The number of hydrogen-bond acceptors (Lipinski definition) is 4. The molecule has 3 aromatic carbocycles. The van der Waals surface area contributed by atoms with E-state index < -0.39 is 0 Å². The molecular weight excluding hydrogens is 420 g/mol. The zero-order chi connectivity index (χ0) is 22.7. The molecule has 0 atom stereocenters. The number of nitrogens with zero attached hydrogens (tertiary/aromatic N) is 2. The molecule has 0 saturated heterocycles. The van der Waals surface area contributed by atoms with Gasteiger partial charge in [0.15, 0.2) is 0 Å². The highest BCUT2D eigenvalue weighted by molar-refractivity contribution is 6.30. The van der Waals surface area contributed by atoms with Gasteiger partial charge in [-0.3, -0.25) is 4.79 Å². The third kappa shape index (κ3) is 4.49. The first kappa shape index (κ1) is 21.5. The van der Waals surface area contributed by atoms with Crippen LogP contribution in [0.2, 0.25) is 5.02 Å². The fourth-order valence-corrected chi connectivity index (χ4v) is 3.53. The van der Waals surface area contributed by atoms with E-state index in [0.29, 0.717) is 33.5 Å². The average Bonchev–Trinajstić information content (AvgIpc) is 2.82. The number of ether oxygens (including phenoxy) is 1. The van der Waals surface area contributed by atoms with Crippen molar-refractivity contribution in [1.29, 1.82) is 0 Å². The Morgan fingerprint density at radius 1 is 1.03 bits per heavy atom. The van der Waals surface area contributed by atoms with Crippen LogP contribution in [0.15, 0.2) is 66.7 Å². The Labute approximate surface area is 192 Å². The smallest absolute Gasteiger partial charge is 0.230 e. The van der Waals surface area contributed by atoms with Gasteiger partial charge in [-0.1, -0.05) is 55.6 Å². The summed E-state index contributed by atoms with van der Waals surface area (Å²) in [6, 6.07) is 20.3. The van der Waals surface area contributed by atoms with Crippen molar-refractivity contribution in [2.24, 2.45) is 0 Å². The number of benzene rings is 3. The van der Waals surface area contributed by atoms with Gasteiger partial charge in [0, 0.05) is 21.5 Å². The van der Waals surface area contributed by atoms with Gasteiger partial charge in [0.1, 0.15) is 12.4 Å². The maximum absolute atomic E-state index is 13.1. The number of carbonyl (C=O) groups is 1. The molecule has 0 bridgehead atoms. The molecule has 0 N–H and O–H groups in total. The Morgan fingerprint density at radius 3 is 2.41 bits per heavy atom. The molecule has 0 amide bonds. The zero-order valence-electron chi connectivity index (χ0n) is 17.8. The Kier molecular flexibility index (Phi) is 6.20. The van der Waals surface area contributed by atoms with E-state index in [2.05, 4.69) is 41.9 Å². The highest BCUT2D eigenvalue weighted by atomic mass is 35.5. The molecular formula is C27H21ClN2O2. The van der Waals surface area contributed by atoms with Crippen molar-refractivity contribution in [1.82, 2.24) is 9.97 Å². The molecule has 4 rings (SSSR count). The Hall–Kier alpha value is -3.68. The van der Waals surface area contributed by atoms with Crippen LogP contribution in [0.5, 0.6) is 5.75 Å². The number of rotatable bonds is 6. The van der Waals surface area contributed by atoms with E-state index in [4.69, 9.17) is 22.8 Å². The maximum atomic E-state index is 13.1. The Morgan fingerprint density at radius 2 is 1.75 bits per heavy atom. The minimum Gasteiger partial charge on any atom is -0.481 e. The molecule has 0 unspecified atom stereocenters. The van der Waals surface area contributed by atoms with Crippen LogP contribution in [0.1, 0.15) is 41.5 Å². The van der Waals surface area contributed by atoms with Gasteiger partial charge in [-0.25, -0.2) is 9.97 Å². The van der Waals surface area contributed by atoms with E-state index in [1.807, 2.05) is 24.3 Å². The second-order valence-electron chi connectivity index (χ2n) is 7.68. The second-order valence-corrected chi connectivity index (χ2v) is 8.12. The number of halogens is 1. The molecule has 158 valence electrons. The first-order valence-electron chi connectivity index (χ1n) is 10.2. The molecule has 0 fully saturated rings. The van der Waals surface area contributed by atoms with Gasteiger partial charge in [0.2, 0.25) is 11.6 Å². The minimum atomic E-state index is -0.267. The first-order valence-corrected chi connectivity index (χ1v) is 10.6. The lowest BCUT2D eigenvalue weighted by Crippen LogP contribution is -2.08. The van der Waals surface area contributed by atoms with E-state index in [1.165, 1.54) is 5.56 Å². The lowest BCUT2D eigenvalue weighted by atomic mass is 9.99. The van der Waals surface area contributed by atoms with E-state index in [0.717, 1.165) is 10.9 Å². The van der Waals surface area contributed by atoms with Crippen molar-refractivity contribution >= 4 is 28.3 Å². The summed E-state index contributed by atoms with van der Waals surface area (Å²) in [5.74, 6) is 3.36. The predicted molar refractivity (Wildman–Crippen MR) is 128 cm³/mol. The summed E-state index contributed by atoms with van der Waals surface area (Å²) in [5, 5.41) is 1.34. The van der Waals surface area contributed by atoms with Crippen LogP contribution in [-0.2, 0) is 0 Å². The molecule has 0 aliphatic carbocycles. The standard InChI is InChI=1S/C27H21ClN2O2/c1-4-15-32-22-13-14-24-23(16-22)25(19-7-5-18(6-8-19)17(2)3)30-27(29-24)26(31)20-9-11-21(28)12-10-20/h1,5-14,16-17H,15H2,2-3H3. The third-order valence-electron chi connectivity index (χ3n) is 5.15. The number of terminal acetylenes is 1. The Bertz CT molecular complexity index is 1320. The van der Waals surface area contributed by atoms with Crippen molar-refractivity contribution < 1.29 is 9.53 Å². The van der Waals surface area contributed by atoms with Crippen LogP contribution in [0.25, 0.3) is 22.2 Å². The van der Waals surface area contributed by atoms with Crippen LogP contribution in [0.3, 0.4) is 0 Å². The normalized spacial score (nSPS) is 10.8. The predicted octanol–water partition coefficient (Wildman–Crippen LogP) is 6.32. The van der Waals surface area contributed by atoms with Crippen molar-refractivity contribution in [3.8, 4) is 29.4 Å². The highest BCUT2D eigenvalue weighted by Gasteiger charge is 2.18. The van der Waals surface area contributed by atoms with Crippen LogP contribution >= 0.6 is 11.6 Å². The second kappa shape index (κ2) is 9.21. The maximum Gasteiger partial charge on any atom is 0.230 e. The van der Waals surface area contributed by atoms with Crippen molar-refractivity contribution in [3.63, 3.8) is 0 Å². The first-order chi connectivity index (χ1) is 15.5. The summed E-state index contributed by atoms with van der Waals surface area (Å²) in [4.78, 5) is 22.3. The molecule has 0 aliphatic rings.